The lowest BCUT2D eigenvalue weighted by molar-refractivity contribution is -0.218. The third kappa shape index (κ3) is 4.52. The van der Waals surface area contributed by atoms with Gasteiger partial charge < -0.3 is 15.9 Å². The zero-order valence-electron chi connectivity index (χ0n) is 14.1. The summed E-state index contributed by atoms with van der Waals surface area (Å²) in [5.41, 5.74) is 4.08. The monoisotopic (exact) mass is 417 g/mol. The highest BCUT2D eigenvalue weighted by Crippen LogP contribution is 2.32. The number of β-lactam (4-membered cyclic amide) rings is 1. The van der Waals surface area contributed by atoms with Gasteiger partial charge in [0.05, 0.1) is 5.54 Å². The molecule has 1 saturated heterocycles. The van der Waals surface area contributed by atoms with Crippen molar-refractivity contribution in [1.82, 2.24) is 15.4 Å². The third-order valence-corrected chi connectivity index (χ3v) is 4.42. The van der Waals surface area contributed by atoms with Gasteiger partial charge in [-0.05, 0) is 13.8 Å². The van der Waals surface area contributed by atoms with Gasteiger partial charge in [0.2, 0.25) is 0 Å². The Morgan fingerprint density at radius 1 is 1.63 bits per heavy atom. The number of rotatable bonds is 7. The quantitative estimate of drug-likeness (QED) is 0.124. The van der Waals surface area contributed by atoms with Crippen LogP contribution < -0.4 is 11.1 Å². The lowest BCUT2D eigenvalue weighted by Gasteiger charge is -2.50. The highest BCUT2D eigenvalue weighted by Gasteiger charge is 2.58. The van der Waals surface area contributed by atoms with Gasteiger partial charge in [-0.1, -0.05) is 11.1 Å². The predicted octanol–water partition coefficient (Wildman–Crippen LogP) is -1.08. The van der Waals surface area contributed by atoms with Gasteiger partial charge in [-0.2, -0.15) is 13.5 Å². The van der Waals surface area contributed by atoms with Gasteiger partial charge in [0.15, 0.2) is 17.5 Å². The number of aromatic nitrogens is 1. The van der Waals surface area contributed by atoms with E-state index in [0.29, 0.717) is 5.06 Å². The minimum Gasteiger partial charge on any atom is -0.382 e. The fourth-order valence-electron chi connectivity index (χ4n) is 2.15. The molecule has 2 amide bonds. The Bertz CT molecular complexity index is 931. The number of nitrogens with zero attached hydrogens (tertiary/aromatic N) is 3. The number of hydrogen-bond donors (Lipinski definition) is 3. The molecule has 1 unspecified atom stereocenters. The average molecular weight is 417 g/mol. The van der Waals surface area contributed by atoms with E-state index in [-0.39, 0.29) is 23.1 Å². The molecule has 1 aliphatic heterocycles. The van der Waals surface area contributed by atoms with Crippen LogP contribution in [0.1, 0.15) is 19.5 Å². The van der Waals surface area contributed by atoms with Gasteiger partial charge in [0.1, 0.15) is 11.7 Å². The molecule has 12 nitrogen and oxygen atoms in total. The van der Waals surface area contributed by atoms with Crippen LogP contribution in [0.5, 0.6) is 0 Å². The van der Waals surface area contributed by atoms with E-state index in [1.54, 1.807) is 0 Å². The third-order valence-electron chi connectivity index (χ3n) is 3.40. The van der Waals surface area contributed by atoms with E-state index in [0.717, 1.165) is 11.3 Å². The van der Waals surface area contributed by atoms with E-state index < -0.39 is 33.8 Å². The summed E-state index contributed by atoms with van der Waals surface area (Å²) in [6, 6.07) is -1.17. The fraction of sp³-hybridized carbons (Fsp3) is 0.385. The average Bonchev–Trinajstić information content (AvgIpc) is 2.99. The van der Waals surface area contributed by atoms with E-state index in [1.165, 1.54) is 19.2 Å². The number of nitrogens with two attached hydrogens (primary N) is 1. The number of terminal acetylenes is 1. The molecule has 27 heavy (non-hydrogen) atoms. The molecule has 0 saturated carbocycles. The second-order valence-electron chi connectivity index (χ2n) is 5.68. The summed E-state index contributed by atoms with van der Waals surface area (Å²) in [4.78, 5) is 33.4. The van der Waals surface area contributed by atoms with Gasteiger partial charge in [-0.3, -0.25) is 14.1 Å². The minimum atomic E-state index is -4.90. The fourth-order valence-corrected chi connectivity index (χ4v) is 3.16. The number of carbonyl (C=O) groups is 2. The summed E-state index contributed by atoms with van der Waals surface area (Å²) in [6.07, 6.45) is 5.05. The van der Waals surface area contributed by atoms with Crippen LogP contribution in [0.4, 0.5) is 5.13 Å². The summed E-state index contributed by atoms with van der Waals surface area (Å²) in [5.74, 6) is 0.435. The first-order chi connectivity index (χ1) is 12.5. The Kier molecular flexibility index (Phi) is 5.70. The van der Waals surface area contributed by atoms with Crippen LogP contribution in [-0.2, 0) is 29.1 Å². The standard InChI is InChI=1S/C13H15N5O7S2/c1-4-5-24-17-8(7-6-26-12(14)15-7)10(19)16-9-11(20)18(13(9,2)3)25-27(21,22)23/h1,6,9H,5H2,2-3H3,(H2,14,15)(H,16,19)(H,21,22,23)/b17-8-. The molecule has 1 fully saturated rings. The van der Waals surface area contributed by atoms with Gasteiger partial charge in [-0.15, -0.1) is 22.0 Å². The summed E-state index contributed by atoms with van der Waals surface area (Å²) in [5, 5.41) is 8.06. The van der Waals surface area contributed by atoms with Crippen LogP contribution in [-0.4, -0.2) is 58.7 Å². The van der Waals surface area contributed by atoms with E-state index in [4.69, 9.17) is 21.5 Å². The maximum absolute atomic E-state index is 12.5. The van der Waals surface area contributed by atoms with E-state index in [9.17, 15) is 18.0 Å². The Morgan fingerprint density at radius 3 is 2.78 bits per heavy atom. The molecule has 0 aliphatic carbocycles. The highest BCUT2D eigenvalue weighted by atomic mass is 32.3. The Morgan fingerprint density at radius 2 is 2.30 bits per heavy atom. The number of thiazole rings is 1. The molecule has 146 valence electrons. The Balaban J connectivity index is 2.19. The number of hydroxylamine groups is 2. The van der Waals surface area contributed by atoms with Crippen molar-refractivity contribution in [2.24, 2.45) is 5.16 Å². The number of nitrogens with one attached hydrogen (secondary N) is 1. The van der Waals surface area contributed by atoms with Crippen molar-refractivity contribution in [3.8, 4) is 12.3 Å². The maximum Gasteiger partial charge on any atom is 0.418 e. The molecule has 4 N–H and O–H groups in total. The number of hydrogen-bond acceptors (Lipinski definition) is 10. The zero-order valence-corrected chi connectivity index (χ0v) is 15.7. The van der Waals surface area contributed by atoms with Crippen molar-refractivity contribution >= 4 is 44.4 Å². The SMILES string of the molecule is C#CCO/N=C(\C(=O)NC1C(=O)N(OS(=O)(=O)O)C1(C)C)c1csc(N)n1. The summed E-state index contributed by atoms with van der Waals surface area (Å²) >= 11 is 1.06. The number of anilines is 1. The maximum atomic E-state index is 12.5. The molecular weight excluding hydrogens is 402 g/mol. The molecule has 0 spiro atoms. The molecule has 1 aromatic rings. The lowest BCUT2D eigenvalue weighted by atomic mass is 9.84. The van der Waals surface area contributed by atoms with Crippen LogP contribution in [0.3, 0.4) is 0 Å². The molecule has 1 aliphatic rings. The van der Waals surface area contributed by atoms with Gasteiger partial charge in [0, 0.05) is 5.38 Å². The number of oxime groups is 1. The van der Waals surface area contributed by atoms with Crippen LogP contribution in [0, 0.1) is 12.3 Å². The van der Waals surface area contributed by atoms with Crippen LogP contribution in [0.25, 0.3) is 0 Å². The molecule has 0 bridgehead atoms. The van der Waals surface area contributed by atoms with Crippen LogP contribution >= 0.6 is 11.3 Å². The van der Waals surface area contributed by atoms with Crippen molar-refractivity contribution in [1.29, 1.82) is 0 Å². The minimum absolute atomic E-state index is 0.0997. The van der Waals surface area contributed by atoms with Crippen LogP contribution in [0.2, 0.25) is 0 Å². The predicted molar refractivity (Wildman–Crippen MR) is 93.3 cm³/mol. The molecule has 2 rings (SSSR count). The highest BCUT2D eigenvalue weighted by molar-refractivity contribution is 7.80. The first kappa shape index (κ1) is 20.6. The van der Waals surface area contributed by atoms with Crippen molar-refractivity contribution in [2.45, 2.75) is 25.4 Å². The van der Waals surface area contributed by atoms with E-state index in [2.05, 4.69) is 25.7 Å². The molecular formula is C13H15N5O7S2. The van der Waals surface area contributed by atoms with Crippen LogP contribution in [0.15, 0.2) is 10.5 Å². The smallest absolute Gasteiger partial charge is 0.382 e. The normalized spacial score (nSPS) is 19.2. The van der Waals surface area contributed by atoms with Gasteiger partial charge >= 0.3 is 10.4 Å². The molecule has 1 atom stereocenters. The van der Waals surface area contributed by atoms with Crippen molar-refractivity contribution in [2.75, 3.05) is 12.3 Å². The van der Waals surface area contributed by atoms with Gasteiger partial charge in [0.25, 0.3) is 11.8 Å². The lowest BCUT2D eigenvalue weighted by Crippen LogP contribution is -2.76. The zero-order chi connectivity index (χ0) is 20.4. The Labute approximate surface area is 158 Å². The molecule has 2 heterocycles. The summed E-state index contributed by atoms with van der Waals surface area (Å²) in [7, 11) is -4.90. The van der Waals surface area contributed by atoms with E-state index >= 15 is 0 Å². The summed E-state index contributed by atoms with van der Waals surface area (Å²) in [6.45, 7) is 2.62. The van der Waals surface area contributed by atoms with Crippen molar-refractivity contribution < 1.29 is 31.7 Å². The summed E-state index contributed by atoms with van der Waals surface area (Å²) < 4.78 is 34.6. The first-order valence-electron chi connectivity index (χ1n) is 7.14. The topological polar surface area (TPSA) is 174 Å². The van der Waals surface area contributed by atoms with Crippen molar-refractivity contribution in [3.05, 3.63) is 11.1 Å². The molecule has 0 aromatic carbocycles. The largest absolute Gasteiger partial charge is 0.418 e. The van der Waals surface area contributed by atoms with Crippen molar-refractivity contribution in [3.63, 3.8) is 0 Å². The van der Waals surface area contributed by atoms with E-state index in [1.807, 2.05) is 0 Å². The Hall–Kier alpha value is -2.73. The second-order valence-corrected chi connectivity index (χ2v) is 7.58. The number of carbonyl (C=O) groups excluding carboxylic acids is 2. The second kappa shape index (κ2) is 7.48. The molecule has 1 aromatic heterocycles. The molecule has 0 radical (unpaired) electrons. The number of amides is 2. The van der Waals surface area contributed by atoms with Gasteiger partial charge in [-0.25, -0.2) is 4.98 Å². The molecule has 14 heteroatoms. The number of nitrogen functional groups attached to an aromatic ring is 1. The first-order valence-corrected chi connectivity index (χ1v) is 9.38.